The summed E-state index contributed by atoms with van der Waals surface area (Å²) in [6.45, 7) is 5.11. The van der Waals surface area contributed by atoms with E-state index in [0.29, 0.717) is 58.3 Å². The van der Waals surface area contributed by atoms with Gasteiger partial charge in [-0.3, -0.25) is 14.5 Å². The molecule has 1 aromatic heterocycles. The van der Waals surface area contributed by atoms with Crippen molar-refractivity contribution in [2.75, 3.05) is 18.1 Å². The lowest BCUT2D eigenvalue weighted by Gasteiger charge is -2.23. The lowest BCUT2D eigenvalue weighted by Crippen LogP contribution is -2.29. The first kappa shape index (κ1) is 33.8. The van der Waals surface area contributed by atoms with Gasteiger partial charge in [0, 0.05) is 11.3 Å². The molecule has 1 N–H and O–H groups in total. The first-order chi connectivity index (χ1) is 24.0. The molecule has 1 saturated heterocycles. The van der Waals surface area contributed by atoms with Crippen LogP contribution in [0, 0.1) is 0 Å². The highest BCUT2D eigenvalue weighted by molar-refractivity contribution is 8.00. The molecule has 1 atom stereocenters. The van der Waals surface area contributed by atoms with Crippen LogP contribution in [0.15, 0.2) is 113 Å². The Hall–Kier alpha value is -5.13. The Labute approximate surface area is 293 Å². The van der Waals surface area contributed by atoms with Crippen molar-refractivity contribution in [2.45, 2.75) is 43.0 Å². The summed E-state index contributed by atoms with van der Waals surface area (Å²) < 4.78 is 18.5. The van der Waals surface area contributed by atoms with E-state index in [4.69, 9.17) is 14.2 Å². The summed E-state index contributed by atoms with van der Waals surface area (Å²) in [6.07, 6.45) is 0.850. The summed E-state index contributed by atoms with van der Waals surface area (Å²) in [4.78, 5) is 28.9. The minimum atomic E-state index is -1.02. The minimum absolute atomic E-state index is 0.0682. The van der Waals surface area contributed by atoms with Crippen LogP contribution in [-0.4, -0.2) is 40.2 Å². The summed E-state index contributed by atoms with van der Waals surface area (Å²) in [5.74, 6) is 0.297. The van der Waals surface area contributed by atoms with E-state index in [1.54, 1.807) is 42.5 Å². The van der Waals surface area contributed by atoms with Gasteiger partial charge < -0.3 is 19.3 Å². The van der Waals surface area contributed by atoms with Crippen LogP contribution in [0.5, 0.6) is 17.2 Å². The number of hydrogen-bond donors (Lipinski definition) is 1. The van der Waals surface area contributed by atoms with Crippen molar-refractivity contribution in [3.63, 3.8) is 0 Å². The summed E-state index contributed by atoms with van der Waals surface area (Å²) in [5.41, 5.74) is 2.95. The predicted octanol–water partition coefficient (Wildman–Crippen LogP) is 8.22. The predicted molar refractivity (Wildman–Crippen MR) is 191 cm³/mol. The molecule has 4 aromatic carbocycles. The van der Waals surface area contributed by atoms with Gasteiger partial charge in [-0.15, -0.1) is 10.2 Å². The smallest absolute Gasteiger partial charge is 0.301 e. The van der Waals surface area contributed by atoms with Crippen molar-refractivity contribution >= 4 is 45.7 Å². The average molecular weight is 694 g/mol. The second-order valence-electron chi connectivity index (χ2n) is 11.1. The lowest BCUT2D eigenvalue weighted by molar-refractivity contribution is -0.132. The Balaban J connectivity index is 1.39. The topological polar surface area (TPSA) is 111 Å². The number of carbonyl (C=O) groups excluding carboxylic acids is 2. The SMILES string of the molecule is CCCOc1ccc(C(O)=C2C(=O)C(=O)N(c3nnc(SCc4ccccc4)s3)C2c2ccc(OCc3ccccc3)c(OCC)c2)cc1. The number of hydrogen-bond acceptors (Lipinski definition) is 10. The van der Waals surface area contributed by atoms with E-state index in [-0.39, 0.29) is 16.5 Å². The number of Topliss-reactive ketones (excluding diaryl/α,β-unsaturated/α-hetero) is 1. The van der Waals surface area contributed by atoms with Crippen LogP contribution in [0.1, 0.15) is 48.6 Å². The van der Waals surface area contributed by atoms with Gasteiger partial charge in [-0.25, -0.2) is 0 Å². The van der Waals surface area contributed by atoms with E-state index in [1.807, 2.05) is 74.5 Å². The molecule has 1 unspecified atom stereocenters. The summed E-state index contributed by atoms with van der Waals surface area (Å²) in [6, 6.07) is 30.8. The average Bonchev–Trinajstić information content (AvgIpc) is 3.71. The van der Waals surface area contributed by atoms with Crippen LogP contribution in [-0.2, 0) is 21.9 Å². The Morgan fingerprint density at radius 3 is 2.24 bits per heavy atom. The molecular weight excluding hydrogens is 659 g/mol. The van der Waals surface area contributed by atoms with E-state index in [1.165, 1.54) is 28.0 Å². The molecule has 1 fully saturated rings. The molecule has 6 rings (SSSR count). The number of aliphatic hydroxyl groups is 1. The molecular formula is C38H35N3O6S2. The van der Waals surface area contributed by atoms with Crippen LogP contribution >= 0.6 is 23.1 Å². The zero-order valence-corrected chi connectivity index (χ0v) is 28.7. The summed E-state index contributed by atoms with van der Waals surface area (Å²) in [7, 11) is 0. The molecule has 11 heteroatoms. The monoisotopic (exact) mass is 693 g/mol. The van der Waals surface area contributed by atoms with Gasteiger partial charge >= 0.3 is 5.91 Å². The highest BCUT2D eigenvalue weighted by Crippen LogP contribution is 2.46. The maximum Gasteiger partial charge on any atom is 0.301 e. The van der Waals surface area contributed by atoms with E-state index >= 15 is 0 Å². The first-order valence-corrected chi connectivity index (χ1v) is 17.7. The molecule has 1 aliphatic heterocycles. The standard InChI is InChI=1S/C38H35N3O6S2/c1-3-21-46-29-18-15-27(16-19-29)34(42)32-33(28-17-20-30(31(22-28)45-4-2)47-23-25-11-7-5-8-12-25)41(36(44)35(32)43)37-39-40-38(49-37)48-24-26-13-9-6-10-14-26/h5-20,22,33,42H,3-4,21,23-24H2,1-2H3. The van der Waals surface area contributed by atoms with Crippen LogP contribution in [0.4, 0.5) is 5.13 Å². The number of rotatable bonds is 14. The zero-order valence-electron chi connectivity index (χ0n) is 27.1. The third-order valence-electron chi connectivity index (χ3n) is 7.67. The van der Waals surface area contributed by atoms with Crippen LogP contribution in [0.25, 0.3) is 5.76 Å². The second-order valence-corrected chi connectivity index (χ2v) is 13.3. The fourth-order valence-electron chi connectivity index (χ4n) is 5.32. The van der Waals surface area contributed by atoms with Crippen molar-refractivity contribution in [3.05, 3.63) is 131 Å². The van der Waals surface area contributed by atoms with Gasteiger partial charge in [-0.2, -0.15) is 0 Å². The highest BCUT2D eigenvalue weighted by atomic mass is 32.2. The maximum absolute atomic E-state index is 13.8. The molecule has 49 heavy (non-hydrogen) atoms. The minimum Gasteiger partial charge on any atom is -0.507 e. The largest absolute Gasteiger partial charge is 0.507 e. The van der Waals surface area contributed by atoms with Gasteiger partial charge in [0.1, 0.15) is 18.1 Å². The van der Waals surface area contributed by atoms with E-state index in [0.717, 1.165) is 17.5 Å². The van der Waals surface area contributed by atoms with Gasteiger partial charge in [0.2, 0.25) is 5.13 Å². The van der Waals surface area contributed by atoms with Crippen LogP contribution in [0.3, 0.4) is 0 Å². The van der Waals surface area contributed by atoms with E-state index in [2.05, 4.69) is 10.2 Å². The van der Waals surface area contributed by atoms with Crippen molar-refractivity contribution in [3.8, 4) is 17.2 Å². The molecule has 0 saturated carbocycles. The van der Waals surface area contributed by atoms with E-state index < -0.39 is 17.7 Å². The van der Waals surface area contributed by atoms with Gasteiger partial charge in [0.15, 0.2) is 15.8 Å². The Morgan fingerprint density at radius 2 is 1.55 bits per heavy atom. The lowest BCUT2D eigenvalue weighted by atomic mass is 9.95. The molecule has 1 aliphatic rings. The van der Waals surface area contributed by atoms with Crippen LogP contribution in [0.2, 0.25) is 0 Å². The molecule has 9 nitrogen and oxygen atoms in total. The molecule has 250 valence electrons. The van der Waals surface area contributed by atoms with E-state index in [9.17, 15) is 14.7 Å². The van der Waals surface area contributed by atoms with Crippen molar-refractivity contribution in [1.29, 1.82) is 0 Å². The molecule has 0 bridgehead atoms. The van der Waals surface area contributed by atoms with Crippen LogP contribution < -0.4 is 19.1 Å². The number of carbonyl (C=O) groups is 2. The fourth-order valence-corrected chi connectivity index (χ4v) is 7.15. The van der Waals surface area contributed by atoms with Gasteiger partial charge in [-0.05, 0) is 66.4 Å². The fraction of sp³-hybridized carbons (Fsp3) is 0.211. The van der Waals surface area contributed by atoms with Gasteiger partial charge in [0.05, 0.1) is 24.8 Å². The first-order valence-electron chi connectivity index (χ1n) is 15.9. The van der Waals surface area contributed by atoms with Gasteiger partial charge in [-0.1, -0.05) is 96.8 Å². The molecule has 2 heterocycles. The number of amides is 1. The Bertz CT molecular complexity index is 1930. The summed E-state index contributed by atoms with van der Waals surface area (Å²) in [5, 5.41) is 20.6. The number of nitrogens with zero attached hydrogens (tertiary/aromatic N) is 3. The number of aromatic nitrogens is 2. The van der Waals surface area contributed by atoms with Crippen molar-refractivity contribution in [1.82, 2.24) is 10.2 Å². The normalized spacial score (nSPS) is 15.4. The number of thioether (sulfide) groups is 1. The molecule has 0 aliphatic carbocycles. The highest BCUT2D eigenvalue weighted by Gasteiger charge is 2.48. The quantitative estimate of drug-likeness (QED) is 0.0404. The molecule has 0 radical (unpaired) electrons. The molecule has 5 aromatic rings. The molecule has 1 amide bonds. The number of benzene rings is 4. The third kappa shape index (κ3) is 7.79. The van der Waals surface area contributed by atoms with Crippen molar-refractivity contribution < 1.29 is 28.9 Å². The third-order valence-corrected chi connectivity index (χ3v) is 9.80. The number of anilines is 1. The maximum atomic E-state index is 13.8. The number of ether oxygens (including phenoxy) is 3. The van der Waals surface area contributed by atoms with Gasteiger partial charge in [0.25, 0.3) is 5.78 Å². The molecule has 0 spiro atoms. The Kier molecular flexibility index (Phi) is 10.9. The van der Waals surface area contributed by atoms with Crippen molar-refractivity contribution in [2.24, 2.45) is 0 Å². The number of aliphatic hydroxyl groups excluding tert-OH is 1. The zero-order chi connectivity index (χ0) is 34.2. The summed E-state index contributed by atoms with van der Waals surface area (Å²) >= 11 is 2.70. The Morgan fingerprint density at radius 1 is 0.837 bits per heavy atom. The second kappa shape index (κ2) is 15.8. The number of ketones is 1.